The second-order valence-electron chi connectivity index (χ2n) is 10.1. The molecule has 0 saturated carbocycles. The third-order valence-corrected chi connectivity index (χ3v) is 7.20. The molecule has 4 aromatic carbocycles. The fourth-order valence-electron chi connectivity index (χ4n) is 5.00. The van der Waals surface area contributed by atoms with E-state index in [1.54, 1.807) is 29.2 Å². The maximum atomic E-state index is 13.6. The molecular weight excluding hydrogens is 574 g/mol. The van der Waals surface area contributed by atoms with Gasteiger partial charge in [0.15, 0.2) is 12.6 Å². The molecule has 5 rings (SSSR count). The maximum Gasteiger partial charge on any atom is 0.330 e. The van der Waals surface area contributed by atoms with Gasteiger partial charge in [-0.25, -0.2) is 13.6 Å². The first-order valence-corrected chi connectivity index (χ1v) is 13.7. The average molecular weight is 603 g/mol. The molecule has 0 bridgehead atoms. The van der Waals surface area contributed by atoms with Gasteiger partial charge in [-0.15, -0.1) is 0 Å². The Hall–Kier alpha value is -5.45. The summed E-state index contributed by atoms with van der Waals surface area (Å²) in [5, 5.41) is 21.4. The van der Waals surface area contributed by atoms with Crippen LogP contribution in [0.15, 0.2) is 97.1 Å². The number of nitrogens with zero attached hydrogens (tertiary/aromatic N) is 1. The van der Waals surface area contributed by atoms with E-state index < -0.39 is 36.3 Å². The Morgan fingerprint density at radius 1 is 0.818 bits per heavy atom. The molecule has 44 heavy (non-hydrogen) atoms. The molecule has 0 aliphatic carbocycles. The molecule has 3 unspecified atom stereocenters. The number of ether oxygens (including phenoxy) is 2. The molecule has 0 spiro atoms. The van der Waals surface area contributed by atoms with Crippen molar-refractivity contribution in [3.8, 4) is 17.2 Å². The Bertz CT molecular complexity index is 1610. The topological polar surface area (TPSA) is 125 Å². The van der Waals surface area contributed by atoms with E-state index >= 15 is 0 Å². The summed E-state index contributed by atoms with van der Waals surface area (Å²) < 4.78 is 38.1. The first-order chi connectivity index (χ1) is 21.2. The van der Waals surface area contributed by atoms with Crippen molar-refractivity contribution in [2.45, 2.75) is 18.5 Å². The minimum atomic E-state index is -1.33. The fourth-order valence-corrected chi connectivity index (χ4v) is 5.00. The summed E-state index contributed by atoms with van der Waals surface area (Å²) in [4.78, 5) is 39.0. The number of benzene rings is 4. The Morgan fingerprint density at radius 3 is 2.00 bits per heavy atom. The highest BCUT2D eigenvalue weighted by molar-refractivity contribution is 6.03. The molecule has 11 heteroatoms. The van der Waals surface area contributed by atoms with Gasteiger partial charge in [0.05, 0.1) is 18.6 Å². The van der Waals surface area contributed by atoms with Gasteiger partial charge in [-0.3, -0.25) is 9.59 Å². The second kappa shape index (κ2) is 13.2. The number of aliphatic carboxylic acids is 1. The molecular formula is C33H28F2N2O7. The van der Waals surface area contributed by atoms with Crippen LogP contribution in [0.5, 0.6) is 17.2 Å². The molecule has 1 saturated heterocycles. The zero-order valence-electron chi connectivity index (χ0n) is 23.2. The molecule has 1 heterocycles. The molecule has 4 aromatic rings. The van der Waals surface area contributed by atoms with E-state index in [1.807, 2.05) is 0 Å². The number of phenols is 1. The van der Waals surface area contributed by atoms with Crippen LogP contribution in [0.4, 0.5) is 14.5 Å². The van der Waals surface area contributed by atoms with E-state index in [1.165, 1.54) is 72.8 Å². The first kappa shape index (κ1) is 30.0. The highest BCUT2D eigenvalue weighted by atomic mass is 19.1. The number of carbonyl (C=O) groups is 3. The third-order valence-electron chi connectivity index (χ3n) is 7.20. The Kier molecular flexibility index (Phi) is 9.03. The highest BCUT2D eigenvalue weighted by Crippen LogP contribution is 2.45. The summed E-state index contributed by atoms with van der Waals surface area (Å²) in [6.07, 6.45) is 0.378. The van der Waals surface area contributed by atoms with Crippen LogP contribution in [-0.4, -0.2) is 41.2 Å². The number of hydrogen-bond donors (Lipinski definition) is 3. The fraction of sp³-hybridized carbons (Fsp3) is 0.182. The van der Waals surface area contributed by atoms with Gasteiger partial charge in [-0.1, -0.05) is 24.3 Å². The molecule has 226 valence electrons. The number of rotatable bonds is 12. The number of halogens is 2. The van der Waals surface area contributed by atoms with Crippen LogP contribution in [0.3, 0.4) is 0 Å². The van der Waals surface area contributed by atoms with E-state index in [0.717, 1.165) is 5.56 Å². The van der Waals surface area contributed by atoms with Gasteiger partial charge in [-0.05, 0) is 90.3 Å². The predicted octanol–water partition coefficient (Wildman–Crippen LogP) is 5.16. The van der Waals surface area contributed by atoms with Gasteiger partial charge in [0.2, 0.25) is 5.91 Å². The van der Waals surface area contributed by atoms with Crippen LogP contribution in [0.2, 0.25) is 0 Å². The predicted molar refractivity (Wildman–Crippen MR) is 155 cm³/mol. The van der Waals surface area contributed by atoms with Crippen LogP contribution in [-0.2, 0) is 14.4 Å². The van der Waals surface area contributed by atoms with Gasteiger partial charge in [0.1, 0.15) is 28.9 Å². The number of β-lactam (4-membered cyclic amide) rings is 1. The van der Waals surface area contributed by atoms with Crippen molar-refractivity contribution < 1.29 is 42.9 Å². The van der Waals surface area contributed by atoms with Crippen LogP contribution < -0.4 is 19.7 Å². The summed E-state index contributed by atoms with van der Waals surface area (Å²) in [5.74, 6) is -2.54. The number of anilines is 1. The van der Waals surface area contributed by atoms with Crippen LogP contribution in [0.25, 0.3) is 0 Å². The number of hydrogen-bond acceptors (Lipinski definition) is 6. The van der Waals surface area contributed by atoms with E-state index in [2.05, 4.69) is 5.32 Å². The van der Waals surface area contributed by atoms with E-state index in [9.17, 15) is 33.4 Å². The lowest BCUT2D eigenvalue weighted by atomic mass is 9.80. The van der Waals surface area contributed by atoms with Gasteiger partial charge < -0.3 is 29.9 Å². The number of carboxylic acids is 1. The molecule has 1 aliphatic rings. The van der Waals surface area contributed by atoms with Gasteiger partial charge in [-0.2, -0.15) is 0 Å². The maximum absolute atomic E-state index is 13.6. The summed E-state index contributed by atoms with van der Waals surface area (Å²) >= 11 is 0. The number of carboxylic acid groups (broad SMARTS) is 1. The summed E-state index contributed by atoms with van der Waals surface area (Å²) in [5.41, 5.74) is 1.60. The van der Waals surface area contributed by atoms with Crippen molar-refractivity contribution in [1.29, 1.82) is 0 Å². The van der Waals surface area contributed by atoms with Gasteiger partial charge in [0.25, 0.3) is 5.91 Å². The van der Waals surface area contributed by atoms with E-state index in [0.29, 0.717) is 23.6 Å². The Labute approximate surface area is 251 Å². The summed E-state index contributed by atoms with van der Waals surface area (Å²) in [6, 6.07) is 21.7. The zero-order valence-corrected chi connectivity index (χ0v) is 23.2. The minimum absolute atomic E-state index is 0.0345. The highest BCUT2D eigenvalue weighted by Gasteiger charge is 2.48. The second-order valence-corrected chi connectivity index (χ2v) is 10.1. The normalized spacial score (nSPS) is 16.5. The molecule has 1 aliphatic heterocycles. The number of carbonyl (C=O) groups excluding carboxylic acids is 2. The monoisotopic (exact) mass is 602 g/mol. The summed E-state index contributed by atoms with van der Waals surface area (Å²) in [7, 11) is 0. The van der Waals surface area contributed by atoms with Gasteiger partial charge in [0, 0.05) is 5.69 Å². The molecule has 9 nitrogen and oxygen atoms in total. The average Bonchev–Trinajstić information content (AvgIpc) is 3.02. The lowest BCUT2D eigenvalue weighted by molar-refractivity contribution is -0.142. The largest absolute Gasteiger partial charge is 0.508 e. The van der Waals surface area contributed by atoms with Crippen molar-refractivity contribution in [3.05, 3.63) is 120 Å². The molecule has 0 aromatic heterocycles. The quantitative estimate of drug-likeness (QED) is 0.191. The number of amides is 2. The van der Waals surface area contributed by atoms with Crippen molar-refractivity contribution in [1.82, 2.24) is 5.32 Å². The third kappa shape index (κ3) is 6.95. The SMILES string of the molecule is O=C(COc1ccc(C2C(CCOc3ccc(F)cc3)C(=O)N2c2ccc(F)cc2)cc1)NC(C(=O)O)c1ccc(O)cc1. The lowest BCUT2D eigenvalue weighted by Gasteiger charge is -2.47. The molecule has 1 fully saturated rings. The standard InChI is InChI=1S/C33H28F2N2O7/c34-22-5-9-24(10-6-22)37-31(28(32(37)40)17-18-43-26-15-7-23(35)8-16-26)21-3-13-27(14-4-21)44-19-29(39)36-30(33(41)42)20-1-11-25(38)12-2-20/h1-16,28,30-31,38H,17-19H2,(H,36,39)(H,41,42). The van der Waals surface area contributed by atoms with Gasteiger partial charge >= 0.3 is 5.97 Å². The lowest BCUT2D eigenvalue weighted by Crippen LogP contribution is -2.55. The Morgan fingerprint density at radius 2 is 1.39 bits per heavy atom. The molecule has 0 radical (unpaired) electrons. The van der Waals surface area contributed by atoms with Crippen LogP contribution in [0, 0.1) is 17.6 Å². The Balaban J connectivity index is 1.24. The van der Waals surface area contributed by atoms with Crippen molar-refractivity contribution in [3.63, 3.8) is 0 Å². The van der Waals surface area contributed by atoms with E-state index in [-0.39, 0.29) is 35.7 Å². The van der Waals surface area contributed by atoms with Crippen molar-refractivity contribution >= 4 is 23.5 Å². The molecule has 3 N–H and O–H groups in total. The molecule has 3 atom stereocenters. The smallest absolute Gasteiger partial charge is 0.330 e. The zero-order chi connectivity index (χ0) is 31.2. The van der Waals surface area contributed by atoms with E-state index in [4.69, 9.17) is 9.47 Å². The van der Waals surface area contributed by atoms with Crippen molar-refractivity contribution in [2.24, 2.45) is 5.92 Å². The number of phenolic OH excluding ortho intramolecular Hbond substituents is 1. The first-order valence-electron chi connectivity index (χ1n) is 13.7. The number of nitrogens with one attached hydrogen (secondary N) is 1. The molecule has 2 amide bonds. The van der Waals surface area contributed by atoms with Crippen molar-refractivity contribution in [2.75, 3.05) is 18.1 Å². The summed E-state index contributed by atoms with van der Waals surface area (Å²) in [6.45, 7) is -0.234. The number of aromatic hydroxyl groups is 1. The van der Waals surface area contributed by atoms with Crippen LogP contribution >= 0.6 is 0 Å². The minimum Gasteiger partial charge on any atom is -0.508 e. The van der Waals surface area contributed by atoms with Crippen LogP contribution in [0.1, 0.15) is 29.6 Å².